The first-order valence-electron chi connectivity index (χ1n) is 8.56. The molecule has 27 heavy (non-hydrogen) atoms. The normalized spacial score (nSPS) is 12.6. The van der Waals surface area contributed by atoms with Crippen molar-refractivity contribution in [2.24, 2.45) is 11.7 Å². The van der Waals surface area contributed by atoms with E-state index < -0.39 is 0 Å². The maximum atomic E-state index is 12.4. The monoisotopic (exact) mass is 371 g/mol. The van der Waals surface area contributed by atoms with Gasteiger partial charge in [0, 0.05) is 23.7 Å². The fraction of sp³-hybridized carbons (Fsp3) is 0.300. The lowest BCUT2D eigenvalue weighted by Gasteiger charge is -2.19. The molecule has 2 amide bonds. The molecule has 144 valence electrons. The van der Waals surface area contributed by atoms with Gasteiger partial charge in [0.15, 0.2) is 0 Å². The molecule has 0 aliphatic heterocycles. The van der Waals surface area contributed by atoms with Crippen LogP contribution in [0.25, 0.3) is 0 Å². The van der Waals surface area contributed by atoms with Crippen LogP contribution < -0.4 is 25.8 Å². The van der Waals surface area contributed by atoms with Gasteiger partial charge in [-0.1, -0.05) is 25.1 Å². The zero-order valence-electron chi connectivity index (χ0n) is 15.9. The average molecular weight is 371 g/mol. The zero-order chi connectivity index (χ0) is 20.0. The lowest BCUT2D eigenvalue weighted by atomic mass is 10.0. The standard InChI is InChI=1S/C20H25N3O4/c1-12(13(2)21)19(24)22-15-10-18(27-4)16(11-17(15)26-3)23-20(25)14-8-6-5-7-9-14/h5-13H,21H2,1-4H3,(H,22,24)(H,23,25). The molecule has 0 spiro atoms. The van der Waals surface area contributed by atoms with Gasteiger partial charge in [0.25, 0.3) is 5.91 Å². The molecule has 0 aliphatic carbocycles. The van der Waals surface area contributed by atoms with E-state index in [1.54, 1.807) is 50.2 Å². The van der Waals surface area contributed by atoms with Gasteiger partial charge in [-0.15, -0.1) is 0 Å². The number of rotatable bonds is 7. The largest absolute Gasteiger partial charge is 0.494 e. The quantitative estimate of drug-likeness (QED) is 0.694. The fourth-order valence-corrected chi connectivity index (χ4v) is 2.36. The molecule has 0 aromatic heterocycles. The Kier molecular flexibility index (Phi) is 6.79. The van der Waals surface area contributed by atoms with Crippen molar-refractivity contribution in [1.82, 2.24) is 0 Å². The summed E-state index contributed by atoms with van der Waals surface area (Å²) < 4.78 is 10.7. The first-order chi connectivity index (χ1) is 12.9. The molecule has 7 heteroatoms. The Balaban J connectivity index is 2.30. The highest BCUT2D eigenvalue weighted by Gasteiger charge is 2.20. The van der Waals surface area contributed by atoms with E-state index in [4.69, 9.17) is 15.2 Å². The van der Waals surface area contributed by atoms with E-state index in [0.717, 1.165) is 0 Å². The van der Waals surface area contributed by atoms with Gasteiger partial charge in [-0.05, 0) is 19.1 Å². The van der Waals surface area contributed by atoms with Crippen LogP contribution in [0.5, 0.6) is 11.5 Å². The van der Waals surface area contributed by atoms with Crippen molar-refractivity contribution >= 4 is 23.2 Å². The molecule has 0 fully saturated rings. The van der Waals surface area contributed by atoms with Crippen LogP contribution in [0, 0.1) is 5.92 Å². The molecule has 2 atom stereocenters. The Morgan fingerprint density at radius 2 is 1.44 bits per heavy atom. The van der Waals surface area contributed by atoms with Crippen LogP contribution in [0.2, 0.25) is 0 Å². The van der Waals surface area contributed by atoms with Gasteiger partial charge in [-0.25, -0.2) is 0 Å². The SMILES string of the molecule is COc1cc(NC(=O)C(C)C(C)N)c(OC)cc1NC(=O)c1ccccc1. The minimum atomic E-state index is -0.377. The van der Waals surface area contributed by atoms with Crippen LogP contribution >= 0.6 is 0 Å². The third kappa shape index (κ3) is 4.98. The van der Waals surface area contributed by atoms with Gasteiger partial charge in [-0.3, -0.25) is 9.59 Å². The van der Waals surface area contributed by atoms with Crippen LogP contribution in [-0.2, 0) is 4.79 Å². The van der Waals surface area contributed by atoms with Gasteiger partial charge in [-0.2, -0.15) is 0 Å². The molecule has 0 saturated carbocycles. The number of carbonyl (C=O) groups is 2. The van der Waals surface area contributed by atoms with Gasteiger partial charge < -0.3 is 25.8 Å². The second-order valence-corrected chi connectivity index (χ2v) is 6.21. The molecule has 0 radical (unpaired) electrons. The Morgan fingerprint density at radius 1 is 0.926 bits per heavy atom. The molecule has 0 aliphatic rings. The molecule has 2 aromatic carbocycles. The van der Waals surface area contributed by atoms with E-state index in [9.17, 15) is 9.59 Å². The van der Waals surface area contributed by atoms with Crippen LogP contribution in [0.4, 0.5) is 11.4 Å². The van der Waals surface area contributed by atoms with E-state index in [1.165, 1.54) is 14.2 Å². The Bertz CT molecular complexity index is 806. The molecule has 2 rings (SSSR count). The first-order valence-corrected chi connectivity index (χ1v) is 8.56. The van der Waals surface area contributed by atoms with Gasteiger partial charge in [0.1, 0.15) is 11.5 Å². The Labute approximate surface area is 158 Å². The molecule has 0 bridgehead atoms. The van der Waals surface area contributed by atoms with E-state index in [-0.39, 0.29) is 23.8 Å². The fourth-order valence-electron chi connectivity index (χ4n) is 2.36. The molecular formula is C20H25N3O4. The van der Waals surface area contributed by atoms with Crippen molar-refractivity contribution in [3.63, 3.8) is 0 Å². The second-order valence-electron chi connectivity index (χ2n) is 6.21. The Morgan fingerprint density at radius 3 is 1.93 bits per heavy atom. The van der Waals surface area contributed by atoms with E-state index in [0.29, 0.717) is 28.4 Å². The maximum absolute atomic E-state index is 12.4. The number of anilines is 2. The number of nitrogens with two attached hydrogens (primary N) is 1. The van der Waals surface area contributed by atoms with Crippen molar-refractivity contribution in [2.45, 2.75) is 19.9 Å². The number of hydrogen-bond donors (Lipinski definition) is 3. The molecule has 0 saturated heterocycles. The maximum Gasteiger partial charge on any atom is 0.255 e. The molecule has 0 heterocycles. The lowest BCUT2D eigenvalue weighted by Crippen LogP contribution is -2.34. The predicted molar refractivity (Wildman–Crippen MR) is 105 cm³/mol. The van der Waals surface area contributed by atoms with Gasteiger partial charge >= 0.3 is 0 Å². The lowest BCUT2D eigenvalue weighted by molar-refractivity contribution is -0.119. The summed E-state index contributed by atoms with van der Waals surface area (Å²) >= 11 is 0. The van der Waals surface area contributed by atoms with Crippen molar-refractivity contribution < 1.29 is 19.1 Å². The summed E-state index contributed by atoms with van der Waals surface area (Å²) in [6, 6.07) is 11.7. The summed E-state index contributed by atoms with van der Waals surface area (Å²) in [6.07, 6.45) is 0. The van der Waals surface area contributed by atoms with Crippen molar-refractivity contribution in [3.05, 3.63) is 48.0 Å². The molecular weight excluding hydrogens is 346 g/mol. The predicted octanol–water partition coefficient (Wildman–Crippen LogP) is 2.88. The van der Waals surface area contributed by atoms with E-state index in [2.05, 4.69) is 10.6 Å². The number of carbonyl (C=O) groups excluding carboxylic acids is 2. The van der Waals surface area contributed by atoms with Gasteiger partial charge in [0.05, 0.1) is 31.5 Å². The van der Waals surface area contributed by atoms with Crippen LogP contribution in [-0.4, -0.2) is 32.1 Å². The molecule has 2 unspecified atom stereocenters. The first kappa shape index (κ1) is 20.3. The van der Waals surface area contributed by atoms with Crippen LogP contribution in [0.3, 0.4) is 0 Å². The number of methoxy groups -OCH3 is 2. The number of benzene rings is 2. The van der Waals surface area contributed by atoms with Crippen molar-refractivity contribution in [1.29, 1.82) is 0 Å². The highest BCUT2D eigenvalue weighted by atomic mass is 16.5. The summed E-state index contributed by atoms with van der Waals surface area (Å²) in [6.45, 7) is 3.52. The third-order valence-corrected chi connectivity index (χ3v) is 4.27. The van der Waals surface area contributed by atoms with Crippen LogP contribution in [0.1, 0.15) is 24.2 Å². The van der Waals surface area contributed by atoms with E-state index >= 15 is 0 Å². The van der Waals surface area contributed by atoms with Gasteiger partial charge in [0.2, 0.25) is 5.91 Å². The minimum absolute atomic E-state index is 0.230. The summed E-state index contributed by atoms with van der Waals surface area (Å²) in [5, 5.41) is 5.59. The summed E-state index contributed by atoms with van der Waals surface area (Å²) in [7, 11) is 2.96. The molecule has 2 aromatic rings. The van der Waals surface area contributed by atoms with Crippen molar-refractivity contribution in [2.75, 3.05) is 24.9 Å². The van der Waals surface area contributed by atoms with Crippen molar-refractivity contribution in [3.8, 4) is 11.5 Å². The number of nitrogens with one attached hydrogen (secondary N) is 2. The Hall–Kier alpha value is -3.06. The number of hydrogen-bond acceptors (Lipinski definition) is 5. The topological polar surface area (TPSA) is 103 Å². The second kappa shape index (κ2) is 9.05. The van der Waals surface area contributed by atoms with Crippen LogP contribution in [0.15, 0.2) is 42.5 Å². The smallest absolute Gasteiger partial charge is 0.255 e. The minimum Gasteiger partial charge on any atom is -0.494 e. The summed E-state index contributed by atoms with van der Waals surface area (Å²) in [5.74, 6) is -0.101. The highest BCUT2D eigenvalue weighted by Crippen LogP contribution is 2.37. The number of amides is 2. The molecule has 4 N–H and O–H groups in total. The third-order valence-electron chi connectivity index (χ3n) is 4.27. The molecule has 7 nitrogen and oxygen atoms in total. The highest BCUT2D eigenvalue weighted by molar-refractivity contribution is 6.05. The average Bonchev–Trinajstić information content (AvgIpc) is 2.68. The zero-order valence-corrected chi connectivity index (χ0v) is 15.9. The number of ether oxygens (including phenoxy) is 2. The summed E-state index contributed by atoms with van der Waals surface area (Å²) in [4.78, 5) is 24.7. The van der Waals surface area contributed by atoms with E-state index in [1.807, 2.05) is 6.07 Å². The summed E-state index contributed by atoms with van der Waals surface area (Å²) in [5.41, 5.74) is 7.17.